The molecule has 1 fully saturated rings. The third kappa shape index (κ3) is 3.14. The molecule has 1 aromatic heterocycles. The minimum absolute atomic E-state index is 0.326. The van der Waals surface area contributed by atoms with Gasteiger partial charge in [0.05, 0.1) is 17.8 Å². The lowest BCUT2D eigenvalue weighted by atomic mass is 9.91. The summed E-state index contributed by atoms with van der Waals surface area (Å²) in [7, 11) is 0. The molecular weight excluding hydrogens is 290 g/mol. The maximum atomic E-state index is 12.4. The van der Waals surface area contributed by atoms with Gasteiger partial charge in [0.15, 0.2) is 5.69 Å². The number of aromatic nitrogens is 2. The third-order valence-electron chi connectivity index (χ3n) is 4.30. The topological polar surface area (TPSA) is 55.3 Å². The summed E-state index contributed by atoms with van der Waals surface area (Å²) in [4.78, 5) is 14.6. The minimum atomic E-state index is -0.397. The Kier molecular flexibility index (Phi) is 4.46. The van der Waals surface area contributed by atoms with Gasteiger partial charge in [-0.3, -0.25) is 0 Å². The fraction of sp³-hybridized carbons (Fsp3) is 0.500. The number of piperidine rings is 1. The zero-order valence-corrected chi connectivity index (χ0v) is 14.0. The molecule has 5 heteroatoms. The second-order valence-electron chi connectivity index (χ2n) is 6.49. The van der Waals surface area contributed by atoms with E-state index in [9.17, 15) is 4.79 Å². The molecule has 0 spiro atoms. The number of ether oxygens (including phenoxy) is 1. The number of nitrogens with zero attached hydrogens (tertiary/aromatic N) is 3. The van der Waals surface area contributed by atoms with E-state index in [1.165, 1.54) is 6.42 Å². The molecule has 3 rings (SSSR count). The predicted octanol–water partition coefficient (Wildman–Crippen LogP) is 3.29. The van der Waals surface area contributed by atoms with E-state index < -0.39 is 5.97 Å². The fourth-order valence-corrected chi connectivity index (χ4v) is 3.54. The van der Waals surface area contributed by atoms with Crippen molar-refractivity contribution in [2.45, 2.75) is 27.2 Å². The number of rotatable bonds is 3. The number of anilines is 1. The summed E-state index contributed by atoms with van der Waals surface area (Å²) in [6.45, 7) is 8.49. The van der Waals surface area contributed by atoms with Crippen molar-refractivity contribution in [2.24, 2.45) is 11.8 Å². The zero-order chi connectivity index (χ0) is 16.4. The van der Waals surface area contributed by atoms with Crippen LogP contribution in [-0.4, -0.2) is 35.9 Å². The molecule has 2 aromatic rings. The molecule has 0 amide bonds. The smallest absolute Gasteiger partial charge is 0.361 e. The molecule has 2 heterocycles. The molecule has 5 nitrogen and oxygen atoms in total. The molecule has 2 unspecified atom stereocenters. The summed E-state index contributed by atoms with van der Waals surface area (Å²) in [5.74, 6) is 0.771. The first-order valence-corrected chi connectivity index (χ1v) is 8.27. The van der Waals surface area contributed by atoms with Crippen LogP contribution in [-0.2, 0) is 4.74 Å². The number of carbonyl (C=O) groups is 1. The van der Waals surface area contributed by atoms with Crippen LogP contribution in [0.15, 0.2) is 24.3 Å². The monoisotopic (exact) mass is 313 g/mol. The lowest BCUT2D eigenvalue weighted by Gasteiger charge is -2.37. The SMILES string of the molecule is CCOC(=O)c1nnc2ccccc2c1N1CC(C)CC(C)C1. The molecular formula is C18H23N3O2. The Morgan fingerprint density at radius 3 is 2.61 bits per heavy atom. The van der Waals surface area contributed by atoms with Gasteiger partial charge in [0.2, 0.25) is 0 Å². The lowest BCUT2D eigenvalue weighted by Crippen LogP contribution is -2.40. The van der Waals surface area contributed by atoms with Gasteiger partial charge < -0.3 is 9.64 Å². The highest BCUT2D eigenvalue weighted by Gasteiger charge is 2.28. The number of esters is 1. The maximum Gasteiger partial charge on any atom is 0.361 e. The maximum absolute atomic E-state index is 12.4. The summed E-state index contributed by atoms with van der Waals surface area (Å²) >= 11 is 0. The lowest BCUT2D eigenvalue weighted by molar-refractivity contribution is 0.0519. The Labute approximate surface area is 136 Å². The average Bonchev–Trinajstić information content (AvgIpc) is 2.53. The molecule has 23 heavy (non-hydrogen) atoms. The normalized spacial score (nSPS) is 21.4. The number of hydrogen-bond acceptors (Lipinski definition) is 5. The Hall–Kier alpha value is -2.17. The van der Waals surface area contributed by atoms with E-state index in [2.05, 4.69) is 28.9 Å². The van der Waals surface area contributed by atoms with E-state index in [1.54, 1.807) is 6.92 Å². The predicted molar refractivity (Wildman–Crippen MR) is 90.7 cm³/mol. The fourth-order valence-electron chi connectivity index (χ4n) is 3.54. The molecule has 1 aliphatic heterocycles. The summed E-state index contributed by atoms with van der Waals surface area (Å²) < 4.78 is 5.19. The summed E-state index contributed by atoms with van der Waals surface area (Å²) in [6.07, 6.45) is 1.21. The van der Waals surface area contributed by atoms with Crippen LogP contribution in [0.2, 0.25) is 0 Å². The molecule has 0 radical (unpaired) electrons. The highest BCUT2D eigenvalue weighted by Crippen LogP contribution is 2.33. The van der Waals surface area contributed by atoms with Crippen molar-refractivity contribution >= 4 is 22.6 Å². The standard InChI is InChI=1S/C18H23N3O2/c1-4-23-18(22)16-17(21-10-12(2)9-13(3)11-21)14-7-5-6-8-15(14)19-20-16/h5-8,12-13H,4,9-11H2,1-3H3. The minimum Gasteiger partial charge on any atom is -0.461 e. The van der Waals surface area contributed by atoms with E-state index >= 15 is 0 Å². The Morgan fingerprint density at radius 1 is 1.22 bits per heavy atom. The third-order valence-corrected chi connectivity index (χ3v) is 4.30. The van der Waals surface area contributed by atoms with Crippen molar-refractivity contribution in [1.82, 2.24) is 10.2 Å². The first kappa shape index (κ1) is 15.7. The van der Waals surface area contributed by atoms with Gasteiger partial charge in [0.1, 0.15) is 0 Å². The molecule has 1 saturated heterocycles. The van der Waals surface area contributed by atoms with Crippen molar-refractivity contribution in [3.05, 3.63) is 30.0 Å². The second kappa shape index (κ2) is 6.52. The number of carbonyl (C=O) groups excluding carboxylic acids is 1. The van der Waals surface area contributed by atoms with Crippen molar-refractivity contribution < 1.29 is 9.53 Å². The van der Waals surface area contributed by atoms with E-state index in [1.807, 2.05) is 24.3 Å². The van der Waals surface area contributed by atoms with E-state index in [4.69, 9.17) is 4.74 Å². The van der Waals surface area contributed by atoms with Crippen LogP contribution in [0, 0.1) is 11.8 Å². The van der Waals surface area contributed by atoms with Crippen LogP contribution >= 0.6 is 0 Å². The summed E-state index contributed by atoms with van der Waals surface area (Å²) in [6, 6.07) is 7.84. The first-order chi connectivity index (χ1) is 11.1. The zero-order valence-electron chi connectivity index (χ0n) is 14.0. The highest BCUT2D eigenvalue weighted by atomic mass is 16.5. The Bertz CT molecular complexity index is 706. The molecule has 0 N–H and O–H groups in total. The van der Waals surface area contributed by atoms with E-state index in [0.29, 0.717) is 24.1 Å². The van der Waals surface area contributed by atoms with Crippen LogP contribution in [0.25, 0.3) is 10.9 Å². The van der Waals surface area contributed by atoms with Crippen molar-refractivity contribution in [3.63, 3.8) is 0 Å². The molecule has 0 bridgehead atoms. The van der Waals surface area contributed by atoms with Gasteiger partial charge in [-0.15, -0.1) is 10.2 Å². The average molecular weight is 313 g/mol. The van der Waals surface area contributed by atoms with Crippen LogP contribution in [0.3, 0.4) is 0 Å². The van der Waals surface area contributed by atoms with Gasteiger partial charge in [-0.2, -0.15) is 0 Å². The van der Waals surface area contributed by atoms with Gasteiger partial charge in [0, 0.05) is 18.5 Å². The Balaban J connectivity index is 2.14. The van der Waals surface area contributed by atoms with Gasteiger partial charge >= 0.3 is 5.97 Å². The highest BCUT2D eigenvalue weighted by molar-refractivity contribution is 6.03. The number of hydrogen-bond donors (Lipinski definition) is 0. The molecule has 1 aliphatic rings. The van der Waals surface area contributed by atoms with E-state index in [0.717, 1.165) is 29.7 Å². The quantitative estimate of drug-likeness (QED) is 0.814. The molecule has 2 atom stereocenters. The molecule has 0 aliphatic carbocycles. The van der Waals surface area contributed by atoms with Gasteiger partial charge in [-0.05, 0) is 31.2 Å². The van der Waals surface area contributed by atoms with Crippen LogP contribution in [0.5, 0.6) is 0 Å². The molecule has 1 aromatic carbocycles. The molecule has 122 valence electrons. The second-order valence-corrected chi connectivity index (χ2v) is 6.49. The summed E-state index contributed by atoms with van der Waals surface area (Å²) in [5.41, 5.74) is 2.00. The van der Waals surface area contributed by atoms with Crippen molar-refractivity contribution in [1.29, 1.82) is 0 Å². The van der Waals surface area contributed by atoms with Gasteiger partial charge in [-0.25, -0.2) is 4.79 Å². The first-order valence-electron chi connectivity index (χ1n) is 8.27. The van der Waals surface area contributed by atoms with Crippen LogP contribution < -0.4 is 4.90 Å². The van der Waals surface area contributed by atoms with Crippen LogP contribution in [0.4, 0.5) is 5.69 Å². The summed E-state index contributed by atoms with van der Waals surface area (Å²) in [5, 5.41) is 9.35. The van der Waals surface area contributed by atoms with Crippen LogP contribution in [0.1, 0.15) is 37.7 Å². The number of fused-ring (bicyclic) bond motifs is 1. The van der Waals surface area contributed by atoms with Gasteiger partial charge in [-0.1, -0.05) is 32.0 Å². The van der Waals surface area contributed by atoms with Gasteiger partial charge in [0.25, 0.3) is 0 Å². The number of benzene rings is 1. The largest absolute Gasteiger partial charge is 0.461 e. The molecule has 0 saturated carbocycles. The van der Waals surface area contributed by atoms with E-state index in [-0.39, 0.29) is 0 Å². The Morgan fingerprint density at radius 2 is 1.91 bits per heavy atom. The van der Waals surface area contributed by atoms with Crippen molar-refractivity contribution in [2.75, 3.05) is 24.6 Å². The van der Waals surface area contributed by atoms with Crippen molar-refractivity contribution in [3.8, 4) is 0 Å².